The second-order valence-electron chi connectivity index (χ2n) is 7.60. The lowest BCUT2D eigenvalue weighted by atomic mass is 10.2. The molecule has 0 saturated carbocycles. The lowest BCUT2D eigenvalue weighted by Crippen LogP contribution is -2.41. The minimum Gasteiger partial charge on any atom is -0.459 e. The van der Waals surface area contributed by atoms with E-state index >= 15 is 0 Å². The number of hydrogen-bond acceptors (Lipinski definition) is 5. The number of amides is 2. The van der Waals surface area contributed by atoms with E-state index in [2.05, 4.69) is 22.5 Å². The van der Waals surface area contributed by atoms with Gasteiger partial charge in [0.1, 0.15) is 5.69 Å². The SMILES string of the molecule is CCCn1c(C(=O)NCCN2CCOCC2)cc2cc(NC(=O)c3ccco3)ccc21. The Balaban J connectivity index is 1.48. The van der Waals surface area contributed by atoms with E-state index in [0.717, 1.165) is 56.7 Å². The maximum absolute atomic E-state index is 12.9. The van der Waals surface area contributed by atoms with E-state index < -0.39 is 0 Å². The predicted molar refractivity (Wildman–Crippen MR) is 118 cm³/mol. The highest BCUT2D eigenvalue weighted by Crippen LogP contribution is 2.24. The monoisotopic (exact) mass is 424 g/mol. The van der Waals surface area contributed by atoms with Crippen molar-refractivity contribution in [1.29, 1.82) is 0 Å². The van der Waals surface area contributed by atoms with Gasteiger partial charge in [-0.25, -0.2) is 0 Å². The quantitative estimate of drug-likeness (QED) is 0.580. The molecule has 8 nitrogen and oxygen atoms in total. The lowest BCUT2D eigenvalue weighted by Gasteiger charge is -2.26. The molecule has 3 heterocycles. The molecular weight excluding hydrogens is 396 g/mol. The third-order valence-corrected chi connectivity index (χ3v) is 5.40. The first-order valence-electron chi connectivity index (χ1n) is 10.7. The van der Waals surface area contributed by atoms with Crippen LogP contribution in [0.2, 0.25) is 0 Å². The van der Waals surface area contributed by atoms with Gasteiger partial charge in [-0.1, -0.05) is 6.92 Å². The Morgan fingerprint density at radius 2 is 1.90 bits per heavy atom. The number of hydrogen-bond donors (Lipinski definition) is 2. The van der Waals surface area contributed by atoms with Crippen molar-refractivity contribution in [2.24, 2.45) is 0 Å². The number of carbonyl (C=O) groups excluding carboxylic acids is 2. The van der Waals surface area contributed by atoms with Crippen LogP contribution in [0.25, 0.3) is 10.9 Å². The number of aryl methyl sites for hydroxylation is 1. The van der Waals surface area contributed by atoms with Crippen LogP contribution < -0.4 is 10.6 Å². The van der Waals surface area contributed by atoms with Crippen LogP contribution >= 0.6 is 0 Å². The molecule has 1 aliphatic rings. The molecule has 0 aliphatic carbocycles. The van der Waals surface area contributed by atoms with E-state index in [0.29, 0.717) is 17.9 Å². The first-order valence-corrected chi connectivity index (χ1v) is 10.7. The Hall–Kier alpha value is -3.10. The summed E-state index contributed by atoms with van der Waals surface area (Å²) in [4.78, 5) is 27.5. The maximum Gasteiger partial charge on any atom is 0.291 e. The van der Waals surface area contributed by atoms with Crippen LogP contribution in [0.5, 0.6) is 0 Å². The summed E-state index contributed by atoms with van der Waals surface area (Å²) in [7, 11) is 0. The zero-order valence-corrected chi connectivity index (χ0v) is 17.7. The second-order valence-corrected chi connectivity index (χ2v) is 7.60. The maximum atomic E-state index is 12.9. The summed E-state index contributed by atoms with van der Waals surface area (Å²) in [5.74, 6) is -0.138. The van der Waals surface area contributed by atoms with Crippen molar-refractivity contribution in [2.75, 3.05) is 44.7 Å². The number of anilines is 1. The number of benzene rings is 1. The van der Waals surface area contributed by atoms with E-state index in [-0.39, 0.29) is 17.6 Å². The van der Waals surface area contributed by atoms with Gasteiger partial charge in [0.05, 0.1) is 19.5 Å². The number of nitrogens with zero attached hydrogens (tertiary/aromatic N) is 2. The van der Waals surface area contributed by atoms with E-state index in [1.165, 1.54) is 6.26 Å². The normalized spacial score (nSPS) is 14.6. The molecule has 1 fully saturated rings. The Labute approximate surface area is 181 Å². The Morgan fingerprint density at radius 1 is 1.06 bits per heavy atom. The molecule has 0 spiro atoms. The summed E-state index contributed by atoms with van der Waals surface area (Å²) in [5.41, 5.74) is 2.26. The van der Waals surface area contributed by atoms with Crippen molar-refractivity contribution in [3.8, 4) is 0 Å². The average Bonchev–Trinajstić information content (AvgIpc) is 3.43. The Morgan fingerprint density at radius 3 is 2.65 bits per heavy atom. The van der Waals surface area contributed by atoms with Gasteiger partial charge < -0.3 is 24.4 Å². The van der Waals surface area contributed by atoms with Gasteiger partial charge in [-0.15, -0.1) is 0 Å². The lowest BCUT2D eigenvalue weighted by molar-refractivity contribution is 0.0383. The predicted octanol–water partition coefficient (Wildman–Crippen LogP) is 2.96. The van der Waals surface area contributed by atoms with Crippen LogP contribution in [0.1, 0.15) is 34.4 Å². The van der Waals surface area contributed by atoms with Crippen molar-refractivity contribution in [3.63, 3.8) is 0 Å². The first-order chi connectivity index (χ1) is 15.2. The zero-order chi connectivity index (χ0) is 21.6. The third kappa shape index (κ3) is 4.98. The molecule has 2 aromatic heterocycles. The summed E-state index contributed by atoms with van der Waals surface area (Å²) in [5, 5.41) is 6.79. The van der Waals surface area contributed by atoms with E-state index in [4.69, 9.17) is 9.15 Å². The number of carbonyl (C=O) groups is 2. The molecule has 0 bridgehead atoms. The second kappa shape index (κ2) is 9.80. The molecule has 0 atom stereocenters. The first kappa shape index (κ1) is 21.1. The van der Waals surface area contributed by atoms with Crippen LogP contribution in [0, 0.1) is 0 Å². The molecule has 0 unspecified atom stereocenters. The Kier molecular flexibility index (Phi) is 6.69. The fourth-order valence-electron chi connectivity index (χ4n) is 3.84. The number of rotatable bonds is 8. The number of ether oxygens (including phenoxy) is 1. The molecule has 1 aliphatic heterocycles. The molecular formula is C23H28N4O4. The average molecular weight is 425 g/mol. The van der Waals surface area contributed by atoms with E-state index in [1.807, 2.05) is 28.8 Å². The molecule has 1 aromatic carbocycles. The number of morpholine rings is 1. The van der Waals surface area contributed by atoms with E-state index in [9.17, 15) is 9.59 Å². The number of nitrogens with one attached hydrogen (secondary N) is 2. The largest absolute Gasteiger partial charge is 0.459 e. The van der Waals surface area contributed by atoms with Crippen molar-refractivity contribution in [2.45, 2.75) is 19.9 Å². The van der Waals surface area contributed by atoms with Gasteiger partial charge in [-0.2, -0.15) is 0 Å². The van der Waals surface area contributed by atoms with Gasteiger partial charge in [0.2, 0.25) is 0 Å². The van der Waals surface area contributed by atoms with Gasteiger partial charge in [-0.05, 0) is 42.8 Å². The third-order valence-electron chi connectivity index (χ3n) is 5.40. The molecule has 31 heavy (non-hydrogen) atoms. The molecule has 4 rings (SSSR count). The zero-order valence-electron chi connectivity index (χ0n) is 17.7. The van der Waals surface area contributed by atoms with Gasteiger partial charge >= 0.3 is 0 Å². The van der Waals surface area contributed by atoms with Gasteiger partial charge in [0.25, 0.3) is 11.8 Å². The summed E-state index contributed by atoms with van der Waals surface area (Å²) < 4.78 is 12.5. The summed E-state index contributed by atoms with van der Waals surface area (Å²) >= 11 is 0. The van der Waals surface area contributed by atoms with Crippen molar-refractivity contribution in [1.82, 2.24) is 14.8 Å². The smallest absolute Gasteiger partial charge is 0.291 e. The fraction of sp³-hybridized carbons (Fsp3) is 0.391. The van der Waals surface area contributed by atoms with Gasteiger partial charge in [-0.3, -0.25) is 14.5 Å². The van der Waals surface area contributed by atoms with Crippen molar-refractivity contribution < 1.29 is 18.7 Å². The molecule has 8 heteroatoms. The van der Waals surface area contributed by atoms with Crippen LogP contribution in [0.4, 0.5) is 5.69 Å². The van der Waals surface area contributed by atoms with Crippen molar-refractivity contribution >= 4 is 28.4 Å². The minimum absolute atomic E-state index is 0.0842. The van der Waals surface area contributed by atoms with Gasteiger partial charge in [0.15, 0.2) is 5.76 Å². The highest BCUT2D eigenvalue weighted by Gasteiger charge is 2.17. The molecule has 3 aromatic rings. The highest BCUT2D eigenvalue weighted by molar-refractivity contribution is 6.04. The molecule has 1 saturated heterocycles. The fourth-order valence-corrected chi connectivity index (χ4v) is 3.84. The highest BCUT2D eigenvalue weighted by atomic mass is 16.5. The standard InChI is InChI=1S/C23H28N4O4/c1-2-8-27-19-6-5-18(25-23(29)21-4-3-12-31-21)15-17(19)16-20(27)22(28)24-7-9-26-10-13-30-14-11-26/h3-6,12,15-16H,2,7-11,13-14H2,1H3,(H,24,28)(H,25,29). The molecule has 2 N–H and O–H groups in total. The van der Waals surface area contributed by atoms with Gasteiger partial charge in [0, 0.05) is 49.3 Å². The topological polar surface area (TPSA) is 88.7 Å². The summed E-state index contributed by atoms with van der Waals surface area (Å²) in [6.07, 6.45) is 2.38. The molecule has 2 amide bonds. The molecule has 164 valence electrons. The van der Waals surface area contributed by atoms with Crippen LogP contribution in [0.15, 0.2) is 47.1 Å². The number of furan rings is 1. The van der Waals surface area contributed by atoms with Crippen LogP contribution in [-0.2, 0) is 11.3 Å². The minimum atomic E-state index is -0.307. The Bertz CT molecular complexity index is 1040. The van der Waals surface area contributed by atoms with Crippen LogP contribution in [-0.4, -0.2) is 60.7 Å². The van der Waals surface area contributed by atoms with Crippen LogP contribution in [0.3, 0.4) is 0 Å². The number of fused-ring (bicyclic) bond motifs is 1. The summed E-state index contributed by atoms with van der Waals surface area (Å²) in [6, 6.07) is 10.8. The summed E-state index contributed by atoms with van der Waals surface area (Å²) in [6.45, 7) is 7.53. The van der Waals surface area contributed by atoms with E-state index in [1.54, 1.807) is 12.1 Å². The van der Waals surface area contributed by atoms with Crippen molar-refractivity contribution in [3.05, 3.63) is 54.1 Å². The molecule has 0 radical (unpaired) electrons. The number of aromatic nitrogens is 1.